The minimum Gasteiger partial charge on any atom is -0.353 e. The van der Waals surface area contributed by atoms with Gasteiger partial charge < -0.3 is 15.1 Å². The quantitative estimate of drug-likeness (QED) is 0.473. The summed E-state index contributed by atoms with van der Waals surface area (Å²) in [7, 11) is 0. The number of aromatic nitrogens is 3. The maximum atomic E-state index is 13.1. The van der Waals surface area contributed by atoms with Gasteiger partial charge in [-0.3, -0.25) is 4.79 Å². The third-order valence-corrected chi connectivity index (χ3v) is 7.28. The molecule has 0 saturated carbocycles. The number of piperazine rings is 1. The van der Waals surface area contributed by atoms with Gasteiger partial charge in [-0.1, -0.05) is 25.1 Å². The zero-order valence-corrected chi connectivity index (χ0v) is 19.6. The lowest BCUT2D eigenvalue weighted by Gasteiger charge is -2.36. The highest BCUT2D eigenvalue weighted by atomic mass is 32.1. The second-order valence-corrected chi connectivity index (χ2v) is 9.10. The molecular formula is C25H26N6OS. The summed E-state index contributed by atoms with van der Waals surface area (Å²) in [5.41, 5.74) is 2.97. The molecule has 5 rings (SSSR count). The first kappa shape index (κ1) is 21.3. The summed E-state index contributed by atoms with van der Waals surface area (Å²) in [5, 5.41) is 4.00. The molecule has 3 aromatic heterocycles. The minimum absolute atomic E-state index is 0.106. The van der Waals surface area contributed by atoms with E-state index in [4.69, 9.17) is 0 Å². The number of hydrogen-bond donors (Lipinski definition) is 1. The molecule has 4 aromatic rings. The van der Waals surface area contributed by atoms with E-state index in [1.807, 2.05) is 55.6 Å². The van der Waals surface area contributed by atoms with Crippen LogP contribution in [0.4, 0.5) is 17.3 Å². The lowest BCUT2D eigenvalue weighted by molar-refractivity contribution is 0.103. The largest absolute Gasteiger partial charge is 0.353 e. The van der Waals surface area contributed by atoms with Crippen LogP contribution in [0.5, 0.6) is 0 Å². The van der Waals surface area contributed by atoms with Crippen molar-refractivity contribution in [3.63, 3.8) is 0 Å². The van der Waals surface area contributed by atoms with Crippen LogP contribution in [0.3, 0.4) is 0 Å². The molecule has 8 heteroatoms. The average molecular weight is 459 g/mol. The highest BCUT2D eigenvalue weighted by molar-refractivity contribution is 7.20. The van der Waals surface area contributed by atoms with Gasteiger partial charge in [-0.25, -0.2) is 15.0 Å². The van der Waals surface area contributed by atoms with Gasteiger partial charge >= 0.3 is 0 Å². The second kappa shape index (κ2) is 9.15. The number of nitrogens with one attached hydrogen (secondary N) is 1. The topological polar surface area (TPSA) is 74.2 Å². The first-order valence-electron chi connectivity index (χ1n) is 11.2. The Bertz CT molecular complexity index is 1260. The number of carbonyl (C=O) groups excluding carboxylic acids is 1. The number of fused-ring (bicyclic) bond motifs is 1. The summed E-state index contributed by atoms with van der Waals surface area (Å²) in [5.74, 6) is 1.80. The predicted octanol–water partition coefficient (Wildman–Crippen LogP) is 4.54. The fraction of sp³-hybridized carbons (Fsp3) is 0.280. The molecule has 0 bridgehead atoms. The monoisotopic (exact) mass is 458 g/mol. The number of rotatable bonds is 5. The zero-order valence-electron chi connectivity index (χ0n) is 18.8. The molecule has 1 amide bonds. The van der Waals surface area contributed by atoms with Crippen molar-refractivity contribution in [3.8, 4) is 0 Å². The van der Waals surface area contributed by atoms with Crippen LogP contribution in [0, 0.1) is 6.92 Å². The van der Waals surface area contributed by atoms with Crippen LogP contribution >= 0.6 is 11.3 Å². The Morgan fingerprint density at radius 1 is 1.00 bits per heavy atom. The number of thiophene rings is 1. The highest BCUT2D eigenvalue weighted by Crippen LogP contribution is 2.35. The number of carbonyl (C=O) groups is 1. The number of aryl methyl sites for hydroxylation is 2. The maximum Gasteiger partial charge on any atom is 0.266 e. The van der Waals surface area contributed by atoms with Crippen LogP contribution in [0.15, 0.2) is 55.0 Å². The molecule has 1 aromatic carbocycles. The van der Waals surface area contributed by atoms with Crippen molar-refractivity contribution in [2.24, 2.45) is 0 Å². The SMILES string of the molecule is CCc1ccc(NC(=O)c2sc3ncnc(N4CCN(c5ccccn5)CC4)c3c2C)cc1. The number of amides is 1. The van der Waals surface area contributed by atoms with Crippen molar-refractivity contribution < 1.29 is 4.79 Å². The summed E-state index contributed by atoms with van der Waals surface area (Å²) in [4.78, 5) is 32.7. The first-order chi connectivity index (χ1) is 16.1. The van der Waals surface area contributed by atoms with Crippen molar-refractivity contribution >= 4 is 44.8 Å². The summed E-state index contributed by atoms with van der Waals surface area (Å²) in [6.45, 7) is 7.52. The molecule has 0 unspecified atom stereocenters. The van der Waals surface area contributed by atoms with Gasteiger partial charge in [-0.2, -0.15) is 0 Å². The van der Waals surface area contributed by atoms with Crippen molar-refractivity contribution in [3.05, 3.63) is 71.0 Å². The van der Waals surface area contributed by atoms with Crippen LogP contribution in [-0.4, -0.2) is 47.0 Å². The normalized spacial score (nSPS) is 14.0. The van der Waals surface area contributed by atoms with E-state index in [1.54, 1.807) is 6.33 Å². The fourth-order valence-electron chi connectivity index (χ4n) is 4.21. The van der Waals surface area contributed by atoms with Crippen molar-refractivity contribution in [2.45, 2.75) is 20.3 Å². The summed E-state index contributed by atoms with van der Waals surface area (Å²) < 4.78 is 0. The molecule has 168 valence electrons. The molecule has 0 radical (unpaired) electrons. The Morgan fingerprint density at radius 2 is 1.76 bits per heavy atom. The molecule has 1 aliphatic heterocycles. The van der Waals surface area contributed by atoms with Crippen LogP contribution in [0.25, 0.3) is 10.2 Å². The van der Waals surface area contributed by atoms with Gasteiger partial charge in [-0.05, 0) is 48.7 Å². The van der Waals surface area contributed by atoms with Crippen LogP contribution in [0.2, 0.25) is 0 Å². The zero-order chi connectivity index (χ0) is 22.8. The Hall–Kier alpha value is -3.52. The van der Waals surface area contributed by atoms with E-state index in [1.165, 1.54) is 16.9 Å². The number of anilines is 3. The Balaban J connectivity index is 1.37. The van der Waals surface area contributed by atoms with E-state index in [-0.39, 0.29) is 5.91 Å². The van der Waals surface area contributed by atoms with E-state index >= 15 is 0 Å². The molecule has 1 N–H and O–H groups in total. The lowest BCUT2D eigenvalue weighted by atomic mass is 10.1. The second-order valence-electron chi connectivity index (χ2n) is 8.10. The third-order valence-electron chi connectivity index (χ3n) is 6.09. The van der Waals surface area contributed by atoms with Gasteiger partial charge in [-0.15, -0.1) is 11.3 Å². The van der Waals surface area contributed by atoms with Crippen molar-refractivity contribution in [1.82, 2.24) is 15.0 Å². The number of hydrogen-bond acceptors (Lipinski definition) is 7. The van der Waals surface area contributed by atoms with E-state index in [2.05, 4.69) is 37.0 Å². The summed E-state index contributed by atoms with van der Waals surface area (Å²) in [6.07, 6.45) is 4.40. The van der Waals surface area contributed by atoms with Crippen molar-refractivity contribution in [2.75, 3.05) is 41.3 Å². The summed E-state index contributed by atoms with van der Waals surface area (Å²) in [6, 6.07) is 14.0. The van der Waals surface area contributed by atoms with Crippen LogP contribution in [-0.2, 0) is 6.42 Å². The number of benzene rings is 1. The minimum atomic E-state index is -0.106. The van der Waals surface area contributed by atoms with Gasteiger partial charge in [0.25, 0.3) is 5.91 Å². The van der Waals surface area contributed by atoms with Gasteiger partial charge in [0.05, 0.1) is 10.3 Å². The lowest BCUT2D eigenvalue weighted by Crippen LogP contribution is -2.47. The molecule has 7 nitrogen and oxygen atoms in total. The molecule has 4 heterocycles. The van der Waals surface area contributed by atoms with E-state index in [9.17, 15) is 4.79 Å². The molecule has 1 saturated heterocycles. The number of nitrogens with zero attached hydrogens (tertiary/aromatic N) is 5. The van der Waals surface area contributed by atoms with Gasteiger partial charge in [0, 0.05) is 38.1 Å². The predicted molar refractivity (Wildman–Crippen MR) is 135 cm³/mol. The third kappa shape index (κ3) is 4.26. The standard InChI is InChI=1S/C25H26N6OS/c1-3-18-7-9-19(10-8-18)29-24(32)22-17(2)21-23(27-16-28-25(21)33-22)31-14-12-30(13-15-31)20-6-4-5-11-26-20/h4-11,16H,3,12-15H2,1-2H3,(H,29,32). The molecule has 1 aliphatic rings. The smallest absolute Gasteiger partial charge is 0.266 e. The molecule has 1 fully saturated rings. The molecule has 0 aliphatic carbocycles. The van der Waals surface area contributed by atoms with E-state index in [0.717, 1.165) is 65.7 Å². The van der Waals surface area contributed by atoms with Gasteiger partial charge in [0.2, 0.25) is 0 Å². The molecule has 0 spiro atoms. The Kier molecular flexibility index (Phi) is 5.92. The molecule has 33 heavy (non-hydrogen) atoms. The average Bonchev–Trinajstić information content (AvgIpc) is 3.22. The van der Waals surface area contributed by atoms with E-state index < -0.39 is 0 Å². The van der Waals surface area contributed by atoms with E-state index in [0.29, 0.717) is 4.88 Å². The molecule has 0 atom stereocenters. The number of pyridine rings is 1. The van der Waals surface area contributed by atoms with Crippen LogP contribution < -0.4 is 15.1 Å². The Morgan fingerprint density at radius 3 is 2.45 bits per heavy atom. The summed E-state index contributed by atoms with van der Waals surface area (Å²) >= 11 is 1.42. The van der Waals surface area contributed by atoms with Gasteiger partial charge in [0.1, 0.15) is 22.8 Å². The highest BCUT2D eigenvalue weighted by Gasteiger charge is 2.25. The van der Waals surface area contributed by atoms with Gasteiger partial charge in [0.15, 0.2) is 0 Å². The fourth-order valence-corrected chi connectivity index (χ4v) is 5.25. The van der Waals surface area contributed by atoms with Crippen LogP contribution in [0.1, 0.15) is 27.7 Å². The maximum absolute atomic E-state index is 13.1. The Labute approximate surface area is 197 Å². The first-order valence-corrected chi connectivity index (χ1v) is 12.0. The molecular weight excluding hydrogens is 432 g/mol. The van der Waals surface area contributed by atoms with Crippen molar-refractivity contribution in [1.29, 1.82) is 0 Å².